The third-order valence-corrected chi connectivity index (χ3v) is 5.49. The fourth-order valence-corrected chi connectivity index (χ4v) is 4.48. The number of hydrogen-bond donors (Lipinski definition) is 1. The molecule has 127 valence electrons. The van der Waals surface area contributed by atoms with Crippen LogP contribution in [0.1, 0.15) is 0 Å². The van der Waals surface area contributed by atoms with E-state index >= 15 is 0 Å². The molecule has 0 aliphatic heterocycles. The zero-order chi connectivity index (χ0) is 16.5. The van der Waals surface area contributed by atoms with Crippen molar-refractivity contribution in [1.82, 2.24) is 0 Å². The van der Waals surface area contributed by atoms with Crippen LogP contribution in [0.2, 0.25) is 0 Å². The topological polar surface area (TPSA) is 63.4 Å². The molecule has 3 aromatic rings. The molecule has 0 saturated carbocycles. The Kier molecular flexibility index (Phi) is 8.98. The summed E-state index contributed by atoms with van der Waals surface area (Å²) >= 11 is 0. The molecular weight excluding hydrogens is 506 g/mol. The monoisotopic (exact) mass is 522 g/mol. The van der Waals surface area contributed by atoms with Gasteiger partial charge in [0.2, 0.25) is 0 Å². The van der Waals surface area contributed by atoms with Gasteiger partial charge in [0.05, 0.1) is 0 Å². The summed E-state index contributed by atoms with van der Waals surface area (Å²) in [5.41, 5.74) is 0. The first-order chi connectivity index (χ1) is 11.2. The standard InChI is InChI=1S/C18H15P.Au.HNO3/c1-4-10-16(11-5-1)19(17-12-6-2-7-13-17)18-14-8-3-9-15-18;;2-1(3)4/h1-15H;;(H,2,3,4). The zero-order valence-electron chi connectivity index (χ0n) is 12.6. The van der Waals surface area contributed by atoms with E-state index < -0.39 is 13.0 Å². The number of nitrogens with zero attached hydrogens (tertiary/aromatic N) is 1. The molecule has 1 radical (unpaired) electrons. The van der Waals surface area contributed by atoms with E-state index in [9.17, 15) is 0 Å². The van der Waals surface area contributed by atoms with Crippen molar-refractivity contribution in [2.45, 2.75) is 0 Å². The Balaban J connectivity index is 0.000000522. The van der Waals surface area contributed by atoms with Crippen molar-refractivity contribution in [3.63, 3.8) is 0 Å². The summed E-state index contributed by atoms with van der Waals surface area (Å²) in [6.45, 7) is 0. The molecule has 0 heterocycles. The van der Waals surface area contributed by atoms with Crippen LogP contribution in [0.3, 0.4) is 0 Å². The van der Waals surface area contributed by atoms with Gasteiger partial charge in [0.15, 0.2) is 0 Å². The van der Waals surface area contributed by atoms with E-state index in [0.29, 0.717) is 0 Å². The number of rotatable bonds is 3. The maximum atomic E-state index is 8.36. The second-order valence-electron chi connectivity index (χ2n) is 4.58. The maximum Gasteiger partial charge on any atom is 0.291 e. The van der Waals surface area contributed by atoms with Crippen LogP contribution in [0, 0.1) is 10.1 Å². The molecule has 6 heteroatoms. The second-order valence-corrected chi connectivity index (χ2v) is 6.80. The molecule has 1 N–H and O–H groups in total. The molecule has 3 rings (SSSR count). The largest absolute Gasteiger partial charge is 0.328 e. The van der Waals surface area contributed by atoms with Crippen molar-refractivity contribution >= 4 is 23.8 Å². The van der Waals surface area contributed by atoms with E-state index in [1.165, 1.54) is 15.9 Å². The minimum absolute atomic E-state index is 0. The first-order valence-electron chi connectivity index (χ1n) is 6.97. The van der Waals surface area contributed by atoms with Gasteiger partial charge in [-0.2, -0.15) is 0 Å². The minimum Gasteiger partial charge on any atom is -0.328 e. The van der Waals surface area contributed by atoms with Crippen LogP contribution in [-0.2, 0) is 22.4 Å². The molecule has 0 saturated heterocycles. The van der Waals surface area contributed by atoms with Gasteiger partial charge in [-0.25, -0.2) is 0 Å². The predicted molar refractivity (Wildman–Crippen MR) is 93.9 cm³/mol. The average Bonchev–Trinajstić information content (AvgIpc) is 2.58. The quantitative estimate of drug-likeness (QED) is 0.249. The molecule has 0 amide bonds. The van der Waals surface area contributed by atoms with Crippen molar-refractivity contribution in [1.29, 1.82) is 0 Å². The average molecular weight is 522 g/mol. The molecule has 0 aliphatic carbocycles. The summed E-state index contributed by atoms with van der Waals surface area (Å²) in [6.07, 6.45) is 0. The van der Waals surface area contributed by atoms with Crippen LogP contribution in [0.4, 0.5) is 0 Å². The third kappa shape index (κ3) is 6.26. The molecule has 0 atom stereocenters. The van der Waals surface area contributed by atoms with Crippen LogP contribution in [-0.4, -0.2) is 10.3 Å². The van der Waals surface area contributed by atoms with Gasteiger partial charge in [-0.05, 0) is 23.8 Å². The molecule has 0 aromatic heterocycles. The van der Waals surface area contributed by atoms with Gasteiger partial charge in [0.1, 0.15) is 0 Å². The van der Waals surface area contributed by atoms with Crippen molar-refractivity contribution in [3.05, 3.63) is 101 Å². The first kappa shape index (κ1) is 20.1. The van der Waals surface area contributed by atoms with E-state index in [2.05, 4.69) is 91.0 Å². The predicted octanol–water partition coefficient (Wildman–Crippen LogP) is 3.09. The Bertz CT molecular complexity index is 629. The van der Waals surface area contributed by atoms with Crippen LogP contribution in [0.15, 0.2) is 91.0 Å². The molecule has 0 fully saturated rings. The molecule has 24 heavy (non-hydrogen) atoms. The summed E-state index contributed by atoms with van der Waals surface area (Å²) in [6, 6.07) is 32.3. The van der Waals surface area contributed by atoms with Crippen molar-refractivity contribution in [2.75, 3.05) is 0 Å². The van der Waals surface area contributed by atoms with Crippen LogP contribution >= 0.6 is 7.92 Å². The minimum atomic E-state index is -1.50. The van der Waals surface area contributed by atoms with Gasteiger partial charge >= 0.3 is 0 Å². The van der Waals surface area contributed by atoms with Gasteiger partial charge in [-0.1, -0.05) is 91.0 Å². The van der Waals surface area contributed by atoms with Crippen molar-refractivity contribution < 1.29 is 32.7 Å². The molecule has 0 aliphatic rings. The van der Waals surface area contributed by atoms with Crippen molar-refractivity contribution in [3.8, 4) is 0 Å². The van der Waals surface area contributed by atoms with E-state index in [0.717, 1.165) is 0 Å². The maximum absolute atomic E-state index is 8.36. The summed E-state index contributed by atoms with van der Waals surface area (Å²) < 4.78 is 0. The van der Waals surface area contributed by atoms with E-state index in [-0.39, 0.29) is 22.4 Å². The van der Waals surface area contributed by atoms with Crippen LogP contribution < -0.4 is 15.9 Å². The Morgan fingerprint density at radius 3 is 1.08 bits per heavy atom. The Hall–Kier alpha value is -1.97. The molecule has 0 unspecified atom stereocenters. The van der Waals surface area contributed by atoms with Crippen molar-refractivity contribution in [2.24, 2.45) is 0 Å². The summed E-state index contributed by atoms with van der Waals surface area (Å²) in [4.78, 5) is 8.36. The third-order valence-electron chi connectivity index (χ3n) is 3.04. The Labute approximate surface area is 157 Å². The van der Waals surface area contributed by atoms with E-state index in [1.807, 2.05) is 0 Å². The smallest absolute Gasteiger partial charge is 0.291 e. The number of hydrogen-bond acceptors (Lipinski definition) is 2. The van der Waals surface area contributed by atoms with Gasteiger partial charge in [-0.3, -0.25) is 0 Å². The fourth-order valence-electron chi connectivity index (χ4n) is 2.18. The first-order valence-corrected chi connectivity index (χ1v) is 8.31. The Morgan fingerprint density at radius 2 is 0.875 bits per heavy atom. The zero-order valence-corrected chi connectivity index (χ0v) is 15.7. The fraction of sp³-hybridized carbons (Fsp3) is 0. The van der Waals surface area contributed by atoms with Gasteiger partial charge in [-0.15, -0.1) is 10.1 Å². The molecule has 4 nitrogen and oxygen atoms in total. The van der Waals surface area contributed by atoms with Gasteiger partial charge in [0, 0.05) is 22.4 Å². The summed E-state index contributed by atoms with van der Waals surface area (Å²) in [5, 5.41) is 17.8. The second kappa shape index (κ2) is 10.7. The Morgan fingerprint density at radius 1 is 0.667 bits per heavy atom. The van der Waals surface area contributed by atoms with Gasteiger partial charge in [0.25, 0.3) is 5.09 Å². The van der Waals surface area contributed by atoms with E-state index in [1.54, 1.807) is 0 Å². The SMILES string of the molecule is O=[N+]([O-])O.[Au].c1ccc(P(c2ccccc2)c2ccccc2)cc1. The molecule has 3 aromatic carbocycles. The number of benzene rings is 3. The van der Waals surface area contributed by atoms with Gasteiger partial charge < -0.3 is 5.21 Å². The van der Waals surface area contributed by atoms with E-state index in [4.69, 9.17) is 15.3 Å². The van der Waals surface area contributed by atoms with Crippen LogP contribution in [0.5, 0.6) is 0 Å². The normalized spacial score (nSPS) is 9.38. The molecule has 0 bridgehead atoms. The van der Waals surface area contributed by atoms with Crippen LogP contribution in [0.25, 0.3) is 0 Å². The molecular formula is C18H16AuNO3P. The molecule has 0 spiro atoms. The summed E-state index contributed by atoms with van der Waals surface area (Å²) in [7, 11) is -0.446. The summed E-state index contributed by atoms with van der Waals surface area (Å²) in [5.74, 6) is 0.